The van der Waals surface area contributed by atoms with Crippen LogP contribution in [0.25, 0.3) is 0 Å². The molecule has 0 aromatic carbocycles. The summed E-state index contributed by atoms with van der Waals surface area (Å²) < 4.78 is 0. The number of aromatic nitrogens is 2. The summed E-state index contributed by atoms with van der Waals surface area (Å²) in [4.78, 5) is 21.2. The molecule has 1 aliphatic heterocycles. The third kappa shape index (κ3) is 3.57. The van der Waals surface area contributed by atoms with Gasteiger partial charge in [0, 0.05) is 43.1 Å². The van der Waals surface area contributed by atoms with Crippen LogP contribution in [0.2, 0.25) is 0 Å². The Balaban J connectivity index is 2.11. The lowest BCUT2D eigenvalue weighted by Crippen LogP contribution is -2.33. The zero-order chi connectivity index (χ0) is 12.3. The Bertz CT molecular complexity index is 424. The first-order valence-electron chi connectivity index (χ1n) is 6.05. The highest BCUT2D eigenvalue weighted by atomic mass is 32.2. The van der Waals surface area contributed by atoms with Crippen LogP contribution in [0.3, 0.4) is 0 Å². The van der Waals surface area contributed by atoms with Gasteiger partial charge in [0.15, 0.2) is 0 Å². The second kappa shape index (κ2) is 5.69. The first kappa shape index (κ1) is 12.6. The second-order valence-electron chi connectivity index (χ2n) is 4.67. The standard InChI is InChI=1S/C12H19N3OS/c1-9(2)12-13-10(7-11(16)14-12)8-15-3-5-17-6-4-15/h7,9H,3-6,8H2,1-2H3,(H,13,14,16). The van der Waals surface area contributed by atoms with Crippen LogP contribution in [0.15, 0.2) is 10.9 Å². The van der Waals surface area contributed by atoms with Gasteiger partial charge in [-0.15, -0.1) is 0 Å². The van der Waals surface area contributed by atoms with Gasteiger partial charge in [0.2, 0.25) is 0 Å². The molecule has 1 aliphatic rings. The molecular weight excluding hydrogens is 234 g/mol. The number of hydrogen-bond donors (Lipinski definition) is 1. The molecule has 2 rings (SSSR count). The van der Waals surface area contributed by atoms with Crippen molar-refractivity contribution in [1.82, 2.24) is 14.9 Å². The van der Waals surface area contributed by atoms with Crippen LogP contribution in [-0.2, 0) is 6.54 Å². The summed E-state index contributed by atoms with van der Waals surface area (Å²) in [5, 5.41) is 0. The van der Waals surface area contributed by atoms with Crippen molar-refractivity contribution in [2.45, 2.75) is 26.3 Å². The van der Waals surface area contributed by atoms with Crippen LogP contribution in [0.4, 0.5) is 0 Å². The zero-order valence-corrected chi connectivity index (χ0v) is 11.2. The average Bonchev–Trinajstić information content (AvgIpc) is 2.29. The maximum absolute atomic E-state index is 11.5. The van der Waals surface area contributed by atoms with Gasteiger partial charge in [-0.25, -0.2) is 4.98 Å². The maximum atomic E-state index is 11.5. The van der Waals surface area contributed by atoms with Crippen LogP contribution in [0.5, 0.6) is 0 Å². The van der Waals surface area contributed by atoms with Gasteiger partial charge in [0.25, 0.3) is 5.56 Å². The van der Waals surface area contributed by atoms with E-state index >= 15 is 0 Å². The summed E-state index contributed by atoms with van der Waals surface area (Å²) in [6, 6.07) is 1.62. The van der Waals surface area contributed by atoms with Crippen molar-refractivity contribution in [3.8, 4) is 0 Å². The molecule has 17 heavy (non-hydrogen) atoms. The predicted molar refractivity (Wildman–Crippen MR) is 71.5 cm³/mol. The Kier molecular flexibility index (Phi) is 4.23. The van der Waals surface area contributed by atoms with E-state index < -0.39 is 0 Å². The number of thioether (sulfide) groups is 1. The summed E-state index contributed by atoms with van der Waals surface area (Å²) in [5.41, 5.74) is 0.856. The van der Waals surface area contributed by atoms with E-state index in [-0.39, 0.29) is 11.5 Å². The molecule has 5 heteroatoms. The molecule has 94 valence electrons. The first-order chi connectivity index (χ1) is 8.15. The summed E-state index contributed by atoms with van der Waals surface area (Å²) >= 11 is 1.99. The molecule has 0 unspecified atom stereocenters. The highest BCUT2D eigenvalue weighted by molar-refractivity contribution is 7.99. The van der Waals surface area contributed by atoms with Gasteiger partial charge in [0.1, 0.15) is 5.82 Å². The molecule has 0 saturated carbocycles. The molecule has 1 fully saturated rings. The molecule has 0 amide bonds. The Morgan fingerprint density at radius 2 is 2.18 bits per heavy atom. The van der Waals surface area contributed by atoms with Crippen LogP contribution in [0.1, 0.15) is 31.3 Å². The van der Waals surface area contributed by atoms with E-state index in [4.69, 9.17) is 0 Å². The highest BCUT2D eigenvalue weighted by Crippen LogP contribution is 2.12. The maximum Gasteiger partial charge on any atom is 0.251 e. The van der Waals surface area contributed by atoms with E-state index in [1.54, 1.807) is 6.07 Å². The van der Waals surface area contributed by atoms with Gasteiger partial charge in [-0.05, 0) is 0 Å². The minimum atomic E-state index is -0.0370. The summed E-state index contributed by atoms with van der Waals surface area (Å²) in [7, 11) is 0. The van der Waals surface area contributed by atoms with Crippen LogP contribution in [-0.4, -0.2) is 39.5 Å². The average molecular weight is 253 g/mol. The normalized spacial score (nSPS) is 17.6. The molecular formula is C12H19N3OS. The smallest absolute Gasteiger partial charge is 0.251 e. The Hall–Kier alpha value is -0.810. The van der Waals surface area contributed by atoms with Crippen molar-refractivity contribution in [2.75, 3.05) is 24.6 Å². The van der Waals surface area contributed by atoms with E-state index in [2.05, 4.69) is 14.9 Å². The Morgan fingerprint density at radius 3 is 2.82 bits per heavy atom. The van der Waals surface area contributed by atoms with Crippen LogP contribution in [0, 0.1) is 0 Å². The molecule has 0 spiro atoms. The fourth-order valence-electron chi connectivity index (χ4n) is 1.87. The number of H-pyrrole nitrogens is 1. The molecule has 0 aliphatic carbocycles. The Morgan fingerprint density at radius 1 is 1.47 bits per heavy atom. The molecule has 1 saturated heterocycles. The second-order valence-corrected chi connectivity index (χ2v) is 5.89. The number of aromatic amines is 1. The van der Waals surface area contributed by atoms with Crippen molar-refractivity contribution in [1.29, 1.82) is 0 Å². The fraction of sp³-hybridized carbons (Fsp3) is 0.667. The number of nitrogens with zero attached hydrogens (tertiary/aromatic N) is 2. The van der Waals surface area contributed by atoms with E-state index in [9.17, 15) is 4.79 Å². The Labute approximate surface area is 106 Å². The molecule has 0 radical (unpaired) electrons. The predicted octanol–water partition coefficient (Wildman–Crippen LogP) is 1.44. The largest absolute Gasteiger partial charge is 0.310 e. The SMILES string of the molecule is CC(C)c1nc(CN2CCSCC2)cc(=O)[nH]1. The lowest BCUT2D eigenvalue weighted by atomic mass is 10.2. The van der Waals surface area contributed by atoms with Crippen molar-refractivity contribution in [3.05, 3.63) is 27.9 Å². The van der Waals surface area contributed by atoms with Crippen molar-refractivity contribution in [3.63, 3.8) is 0 Å². The third-order valence-electron chi connectivity index (χ3n) is 2.85. The lowest BCUT2D eigenvalue weighted by molar-refractivity contribution is 0.290. The summed E-state index contributed by atoms with van der Waals surface area (Å²) in [6.07, 6.45) is 0. The molecule has 1 N–H and O–H groups in total. The molecule has 0 atom stereocenters. The van der Waals surface area contributed by atoms with E-state index in [0.717, 1.165) is 31.2 Å². The number of rotatable bonds is 3. The summed E-state index contributed by atoms with van der Waals surface area (Å²) in [5.74, 6) is 3.42. The molecule has 0 bridgehead atoms. The molecule has 1 aromatic rings. The highest BCUT2D eigenvalue weighted by Gasteiger charge is 2.12. The number of hydrogen-bond acceptors (Lipinski definition) is 4. The van der Waals surface area contributed by atoms with E-state index in [1.165, 1.54) is 11.5 Å². The van der Waals surface area contributed by atoms with Gasteiger partial charge < -0.3 is 4.98 Å². The molecule has 2 heterocycles. The third-order valence-corrected chi connectivity index (χ3v) is 3.79. The van der Waals surface area contributed by atoms with Crippen LogP contribution >= 0.6 is 11.8 Å². The van der Waals surface area contributed by atoms with Crippen molar-refractivity contribution in [2.24, 2.45) is 0 Å². The quantitative estimate of drug-likeness (QED) is 0.885. The summed E-state index contributed by atoms with van der Waals surface area (Å²) in [6.45, 7) is 7.07. The van der Waals surface area contributed by atoms with Crippen LogP contribution < -0.4 is 5.56 Å². The van der Waals surface area contributed by atoms with Gasteiger partial charge >= 0.3 is 0 Å². The topological polar surface area (TPSA) is 49.0 Å². The molecule has 1 aromatic heterocycles. The van der Waals surface area contributed by atoms with Crippen molar-refractivity contribution >= 4 is 11.8 Å². The van der Waals surface area contributed by atoms with E-state index in [0.29, 0.717) is 0 Å². The minimum absolute atomic E-state index is 0.0370. The zero-order valence-electron chi connectivity index (χ0n) is 10.4. The first-order valence-corrected chi connectivity index (χ1v) is 7.21. The monoisotopic (exact) mass is 253 g/mol. The van der Waals surface area contributed by atoms with Crippen molar-refractivity contribution < 1.29 is 0 Å². The molecule has 4 nitrogen and oxygen atoms in total. The van der Waals surface area contributed by atoms with Gasteiger partial charge in [-0.1, -0.05) is 13.8 Å². The number of nitrogens with one attached hydrogen (secondary N) is 1. The lowest BCUT2D eigenvalue weighted by Gasteiger charge is -2.25. The van der Waals surface area contributed by atoms with Gasteiger partial charge in [-0.3, -0.25) is 9.69 Å². The van der Waals surface area contributed by atoms with Gasteiger partial charge in [0.05, 0.1) is 5.69 Å². The van der Waals surface area contributed by atoms with E-state index in [1.807, 2.05) is 25.6 Å². The fourth-order valence-corrected chi connectivity index (χ4v) is 2.85. The van der Waals surface area contributed by atoms with Gasteiger partial charge in [-0.2, -0.15) is 11.8 Å². The minimum Gasteiger partial charge on any atom is -0.310 e.